The average molecular weight is 1900 g/mol. The number of halogens is 2. The van der Waals surface area contributed by atoms with Crippen molar-refractivity contribution in [3.8, 4) is 102 Å². The highest BCUT2D eigenvalue weighted by Gasteiger charge is 2.22. The fourth-order valence-electron chi connectivity index (χ4n) is 14.8. The Morgan fingerprint density at radius 2 is 0.784 bits per heavy atom. The van der Waals surface area contributed by atoms with Gasteiger partial charge in [0, 0.05) is 111 Å². The Kier molecular flexibility index (Phi) is 40.8. The van der Waals surface area contributed by atoms with Crippen molar-refractivity contribution in [2.24, 2.45) is 22.5 Å². The number of Topliss-reactive ketones (excluding diaryl/α,β-unsaturated/α-hetero) is 1. The van der Waals surface area contributed by atoms with Crippen molar-refractivity contribution in [2.45, 2.75) is 190 Å². The first kappa shape index (κ1) is 108. The molecule has 139 heavy (non-hydrogen) atoms. The standard InChI is InChI=1S/C16H16FNO.C15H15ClN2O.C15H16N2O.C15H14N2.C15H17NO.C14H16N2O2S.C14H16N2.C13H15N/c1-10(2)16-13(5-4-8-18-16)12-6-7-15(17)14(9-12)11(3)19;1-9(2)14-11(4-3-7-18-14)10-5-6-13(16)12(8-10)15(17)19;1-10(2)14-13(4-3-9-17-14)11-5-7-12(8-6-11)15(16)18;1-11(2)15-14(7-4-8-17-15)13-6-3-5-12(9-13)10-16;1-11(2)15-14(5-4-10-16-15)12-6-8-13(17-3)9-7-12;1-10(2)14-13(4-3-9-16-14)11-5-7-12(8-6-11)19(15,17)18;1-10(2)14-15-9-8-13(16-14)12-7-5-4-6-11(12)3;1-10(2)13-12(4-3-9-14-13)8-7-11-5-6-11/h4-10H,1-3H3;3-9H,1-2H3,(H2,17,19);3-10H,1-2H3,(H2,16,18);3-9,11H,1-2H3;4-11H,1-3H3;3-10H,1-2H3,(H2,15,17,18);4-10H,1-3H3;3-4,9-11H,5-6H2,1-2H3. The third kappa shape index (κ3) is 31.7. The predicted octanol–water partition coefficient (Wildman–Crippen LogP) is 27.5. The lowest BCUT2D eigenvalue weighted by Crippen LogP contribution is -2.11. The lowest BCUT2D eigenvalue weighted by Gasteiger charge is -2.12. The number of aryl methyl sites for hydroxylation is 1. The summed E-state index contributed by atoms with van der Waals surface area (Å²) in [6, 6.07) is 79.5. The minimum Gasteiger partial charge on any atom is -0.497 e. The van der Waals surface area contributed by atoms with Crippen LogP contribution in [0.15, 0.2) is 303 Å². The summed E-state index contributed by atoms with van der Waals surface area (Å²) in [5, 5.41) is 14.4. The molecule has 0 saturated heterocycles. The molecule has 6 N–H and O–H groups in total. The topological polar surface area (TPSA) is 312 Å². The summed E-state index contributed by atoms with van der Waals surface area (Å²) in [4.78, 5) is 73.6. The number of carbonyl (C=O) groups is 3. The van der Waals surface area contributed by atoms with Crippen molar-refractivity contribution in [3.05, 3.63) is 388 Å². The smallest absolute Gasteiger partial charge is 0.250 e. The van der Waals surface area contributed by atoms with Gasteiger partial charge in [0.2, 0.25) is 21.8 Å². The Hall–Kier alpha value is -14.7. The van der Waals surface area contributed by atoms with E-state index in [4.69, 9.17) is 38.2 Å². The molecule has 1 fully saturated rings. The molecule has 1 saturated carbocycles. The first-order chi connectivity index (χ1) is 66.4. The lowest BCUT2D eigenvalue weighted by molar-refractivity contribution is 0.0992. The van der Waals surface area contributed by atoms with E-state index in [9.17, 15) is 27.2 Å². The highest BCUT2D eigenvalue weighted by molar-refractivity contribution is 7.89. The molecular weight excluding hydrogens is 1770 g/mol. The number of hydrogen-bond donors (Lipinski definition) is 3. The summed E-state index contributed by atoms with van der Waals surface area (Å²) in [5.74, 6) is 10.1. The van der Waals surface area contributed by atoms with E-state index in [2.05, 4.69) is 223 Å². The van der Waals surface area contributed by atoms with Gasteiger partial charge in [-0.1, -0.05) is 256 Å². The molecule has 0 bridgehead atoms. The molecule has 0 radical (unpaired) electrons. The van der Waals surface area contributed by atoms with Gasteiger partial charge in [-0.25, -0.2) is 27.9 Å². The van der Waals surface area contributed by atoms with Crippen molar-refractivity contribution in [1.82, 2.24) is 44.9 Å². The van der Waals surface area contributed by atoms with Crippen molar-refractivity contribution < 1.29 is 31.9 Å². The average Bonchev–Trinajstić information content (AvgIpc) is 1.54. The van der Waals surface area contributed by atoms with Crippen LogP contribution >= 0.6 is 11.6 Å². The number of amides is 2. The van der Waals surface area contributed by atoms with Gasteiger partial charge in [0.15, 0.2) is 5.78 Å². The van der Waals surface area contributed by atoms with Crippen LogP contribution in [-0.4, -0.2) is 78.0 Å². The van der Waals surface area contributed by atoms with Gasteiger partial charge >= 0.3 is 0 Å². The van der Waals surface area contributed by atoms with E-state index in [0.29, 0.717) is 69.1 Å². The quantitative estimate of drug-likeness (QED) is 0.0472. The first-order valence-electron chi connectivity index (χ1n) is 46.5. The fraction of sp³-hybridized carbons (Fsp3) is 0.256. The van der Waals surface area contributed by atoms with E-state index in [1.807, 2.05) is 164 Å². The number of nitrogens with zero attached hydrogens (tertiary/aromatic N) is 10. The summed E-state index contributed by atoms with van der Waals surface area (Å²) in [6.07, 6.45) is 17.0. The molecule has 0 unspecified atom stereocenters. The molecule has 1 aliphatic rings. The van der Waals surface area contributed by atoms with Crippen LogP contribution in [0.4, 0.5) is 4.39 Å². The van der Waals surface area contributed by atoms with E-state index < -0.39 is 27.7 Å². The van der Waals surface area contributed by atoms with E-state index in [1.54, 1.807) is 80.4 Å². The number of benzene rings is 7. The third-order valence-electron chi connectivity index (χ3n) is 22.2. The zero-order valence-corrected chi connectivity index (χ0v) is 84.3. The number of rotatable bonds is 20. The van der Waals surface area contributed by atoms with Crippen LogP contribution in [0.2, 0.25) is 5.02 Å². The van der Waals surface area contributed by atoms with Gasteiger partial charge in [-0.05, 0) is 234 Å². The lowest BCUT2D eigenvalue weighted by atomic mass is 9.96. The zero-order chi connectivity index (χ0) is 101. The molecular formula is C117H125ClFN13O6S. The Labute approximate surface area is 825 Å². The number of hydrogen-bond acceptors (Lipinski definition) is 16. The number of nitriles is 1. The number of ether oxygens (including phenoxy) is 1. The molecule has 8 heterocycles. The van der Waals surface area contributed by atoms with Crippen LogP contribution in [0.3, 0.4) is 0 Å². The van der Waals surface area contributed by atoms with E-state index in [-0.39, 0.29) is 22.2 Å². The number of pyridine rings is 7. The number of methoxy groups -OCH3 is 1. The number of primary amides is 2. The number of ketones is 1. The molecule has 0 aliphatic heterocycles. The molecule has 15 aromatic rings. The molecule has 2 amide bonds. The Bertz CT molecular complexity index is 6750. The molecule has 0 spiro atoms. The van der Waals surface area contributed by atoms with E-state index in [1.165, 1.54) is 60.2 Å². The van der Waals surface area contributed by atoms with Crippen molar-refractivity contribution in [3.63, 3.8) is 0 Å². The van der Waals surface area contributed by atoms with Crippen LogP contribution in [0.5, 0.6) is 5.75 Å². The van der Waals surface area contributed by atoms with Crippen LogP contribution in [-0.2, 0) is 10.0 Å². The SMILES string of the molecule is CC(=O)c1cc(-c2cccnc2C(C)C)ccc1F.CC(C)c1ncccc1-c1ccc(C(N)=O)cc1.CC(C)c1ncccc1-c1ccc(Cl)c(C(N)=O)c1.CC(C)c1ncccc1-c1ccc(S(N)(=O)=O)cc1.CC(C)c1ncccc1-c1cccc(C#N)c1.CC(C)c1ncccc1C#CC1CC1.COc1ccc(-c2cccnc2C(C)C)cc1.Cc1ccccc1-c1ccnc(C(C)C)n1. The first-order valence-corrected chi connectivity index (χ1v) is 48.5. The van der Waals surface area contributed by atoms with Crippen LogP contribution in [0.25, 0.3) is 78.0 Å². The number of sulfonamides is 1. The van der Waals surface area contributed by atoms with Crippen molar-refractivity contribution >= 4 is 39.2 Å². The third-order valence-corrected chi connectivity index (χ3v) is 23.4. The van der Waals surface area contributed by atoms with Crippen molar-refractivity contribution in [2.75, 3.05) is 7.11 Å². The number of nitrogens with two attached hydrogens (primary N) is 3. The van der Waals surface area contributed by atoms with Gasteiger partial charge in [-0.3, -0.25) is 49.3 Å². The van der Waals surface area contributed by atoms with Crippen LogP contribution in [0, 0.1) is 41.8 Å². The summed E-state index contributed by atoms with van der Waals surface area (Å²) >= 11 is 5.96. The molecule has 8 aromatic heterocycles. The largest absolute Gasteiger partial charge is 0.497 e. The maximum Gasteiger partial charge on any atom is 0.250 e. The summed E-state index contributed by atoms with van der Waals surface area (Å²) in [6.45, 7) is 37.2. The van der Waals surface area contributed by atoms with Gasteiger partial charge in [-0.2, -0.15) is 5.26 Å². The normalized spacial score (nSPS) is 11.2. The van der Waals surface area contributed by atoms with Crippen LogP contribution < -0.4 is 21.3 Å². The Morgan fingerprint density at radius 1 is 0.410 bits per heavy atom. The maximum atomic E-state index is 13.6. The number of carbonyl (C=O) groups excluding carboxylic acids is 3. The van der Waals surface area contributed by atoms with Gasteiger partial charge in [0.1, 0.15) is 17.4 Å². The summed E-state index contributed by atoms with van der Waals surface area (Å²) in [7, 11) is -1.96. The number of primary sulfonamides is 1. The summed E-state index contributed by atoms with van der Waals surface area (Å²) < 4.78 is 41.2. The Morgan fingerprint density at radius 3 is 1.17 bits per heavy atom. The van der Waals surface area contributed by atoms with Gasteiger partial charge in [0.25, 0.3) is 0 Å². The monoisotopic (exact) mass is 1890 g/mol. The minimum atomic E-state index is -3.64. The van der Waals surface area contributed by atoms with Gasteiger partial charge in [0.05, 0.1) is 85.3 Å². The van der Waals surface area contributed by atoms with E-state index in [0.717, 1.165) is 118 Å². The summed E-state index contributed by atoms with van der Waals surface area (Å²) in [5.41, 5.74) is 36.4. The Balaban J connectivity index is 0.000000178. The van der Waals surface area contributed by atoms with Crippen LogP contribution in [0.1, 0.15) is 271 Å². The molecule has 7 aromatic carbocycles. The fourth-order valence-corrected chi connectivity index (χ4v) is 15.5. The predicted molar refractivity (Wildman–Crippen MR) is 561 cm³/mol. The molecule has 0 atom stereocenters. The molecule has 16 rings (SSSR count). The molecule has 714 valence electrons. The van der Waals surface area contributed by atoms with Gasteiger partial charge < -0.3 is 16.2 Å². The van der Waals surface area contributed by atoms with E-state index >= 15 is 0 Å². The second-order valence-corrected chi connectivity index (χ2v) is 37.7. The minimum absolute atomic E-state index is 0.117. The molecule has 22 heteroatoms. The second-order valence-electron chi connectivity index (χ2n) is 35.7. The maximum absolute atomic E-state index is 13.6. The second kappa shape index (κ2) is 52.5. The molecule has 1 aliphatic carbocycles. The van der Waals surface area contributed by atoms with Gasteiger partial charge in [-0.15, -0.1) is 0 Å². The highest BCUT2D eigenvalue weighted by atomic mass is 35.5. The molecule has 19 nitrogen and oxygen atoms in total. The zero-order valence-electron chi connectivity index (χ0n) is 82.7. The highest BCUT2D eigenvalue weighted by Crippen LogP contribution is 2.37. The van der Waals surface area contributed by atoms with Crippen molar-refractivity contribution in [1.29, 1.82) is 5.26 Å². The number of aromatic nitrogens is 9.